The van der Waals surface area contributed by atoms with E-state index >= 15 is 0 Å². The van der Waals surface area contributed by atoms with E-state index in [1.54, 1.807) is 6.07 Å². The molecule has 0 heterocycles. The van der Waals surface area contributed by atoms with Gasteiger partial charge in [-0.3, -0.25) is 0 Å². The standard InChI is InChI=1S/C14H24FN3O2S/c1-11(2)16-10-12-5-6-13(15)14(9-12)21(19,20)17-7-8-18(3)4/h5-6,9,11,16-17H,7-8,10H2,1-4H3. The molecule has 0 radical (unpaired) electrons. The monoisotopic (exact) mass is 317 g/mol. The van der Waals surface area contributed by atoms with Crippen LogP contribution in [0.2, 0.25) is 0 Å². The van der Waals surface area contributed by atoms with E-state index in [0.717, 1.165) is 5.56 Å². The summed E-state index contributed by atoms with van der Waals surface area (Å²) < 4.78 is 40.5. The molecule has 0 saturated carbocycles. The number of halogens is 1. The summed E-state index contributed by atoms with van der Waals surface area (Å²) in [6, 6.07) is 4.43. The Labute approximate surface area is 126 Å². The van der Waals surface area contributed by atoms with Crippen molar-refractivity contribution in [1.29, 1.82) is 0 Å². The third kappa shape index (κ3) is 6.09. The second kappa shape index (κ2) is 7.84. The minimum Gasteiger partial charge on any atom is -0.310 e. The summed E-state index contributed by atoms with van der Waals surface area (Å²) in [7, 11) is -0.146. The van der Waals surface area contributed by atoms with Crippen molar-refractivity contribution in [3.63, 3.8) is 0 Å². The normalized spacial score (nSPS) is 12.3. The molecule has 0 aliphatic rings. The molecule has 0 fully saturated rings. The first-order valence-corrected chi connectivity index (χ1v) is 8.37. The topological polar surface area (TPSA) is 61.4 Å². The Kier molecular flexibility index (Phi) is 6.73. The minimum absolute atomic E-state index is 0.239. The van der Waals surface area contributed by atoms with Gasteiger partial charge in [-0.15, -0.1) is 0 Å². The lowest BCUT2D eigenvalue weighted by molar-refractivity contribution is 0.412. The molecule has 2 N–H and O–H groups in total. The number of rotatable bonds is 8. The lowest BCUT2D eigenvalue weighted by atomic mass is 10.2. The number of nitrogens with one attached hydrogen (secondary N) is 2. The van der Waals surface area contributed by atoms with Gasteiger partial charge in [0, 0.05) is 25.7 Å². The van der Waals surface area contributed by atoms with E-state index in [1.807, 2.05) is 32.8 Å². The van der Waals surface area contributed by atoms with Crippen LogP contribution < -0.4 is 10.0 Å². The first-order chi connectivity index (χ1) is 9.72. The van der Waals surface area contributed by atoms with E-state index in [4.69, 9.17) is 0 Å². The van der Waals surface area contributed by atoms with E-state index in [2.05, 4.69) is 10.0 Å². The van der Waals surface area contributed by atoms with Gasteiger partial charge >= 0.3 is 0 Å². The summed E-state index contributed by atoms with van der Waals surface area (Å²) in [5.41, 5.74) is 0.734. The van der Waals surface area contributed by atoms with Crippen LogP contribution >= 0.6 is 0 Å². The second-order valence-electron chi connectivity index (χ2n) is 5.50. The van der Waals surface area contributed by atoms with Crippen molar-refractivity contribution in [3.8, 4) is 0 Å². The molecule has 5 nitrogen and oxygen atoms in total. The molecule has 21 heavy (non-hydrogen) atoms. The fraction of sp³-hybridized carbons (Fsp3) is 0.571. The second-order valence-corrected chi connectivity index (χ2v) is 7.24. The number of likely N-dealkylation sites (N-methyl/N-ethyl adjacent to an activating group) is 1. The third-order valence-electron chi connectivity index (χ3n) is 2.85. The van der Waals surface area contributed by atoms with Gasteiger partial charge in [0.1, 0.15) is 10.7 Å². The molecule has 0 bridgehead atoms. The van der Waals surface area contributed by atoms with Crippen molar-refractivity contribution in [1.82, 2.24) is 14.9 Å². The number of sulfonamides is 1. The molecule has 0 spiro atoms. The maximum absolute atomic E-state index is 13.8. The predicted molar refractivity (Wildman–Crippen MR) is 82.1 cm³/mol. The average Bonchev–Trinajstić information content (AvgIpc) is 2.36. The van der Waals surface area contributed by atoms with Gasteiger partial charge in [-0.05, 0) is 31.8 Å². The van der Waals surface area contributed by atoms with Crippen LogP contribution in [0, 0.1) is 5.82 Å². The predicted octanol–water partition coefficient (Wildman–Crippen LogP) is 1.16. The van der Waals surface area contributed by atoms with Gasteiger partial charge in [0.2, 0.25) is 10.0 Å². The quantitative estimate of drug-likeness (QED) is 0.755. The molecule has 1 rings (SSSR count). The van der Waals surface area contributed by atoms with Crippen LogP contribution in [0.25, 0.3) is 0 Å². The van der Waals surface area contributed by atoms with Gasteiger partial charge in [0.25, 0.3) is 0 Å². The summed E-state index contributed by atoms with van der Waals surface area (Å²) in [5.74, 6) is -0.736. The van der Waals surface area contributed by atoms with E-state index in [0.29, 0.717) is 13.1 Å². The number of hydrogen-bond acceptors (Lipinski definition) is 4. The van der Waals surface area contributed by atoms with Crippen molar-refractivity contribution in [3.05, 3.63) is 29.6 Å². The Bertz CT molecular complexity index is 559. The van der Waals surface area contributed by atoms with Crippen molar-refractivity contribution in [2.75, 3.05) is 27.2 Å². The first kappa shape index (κ1) is 18.0. The number of benzene rings is 1. The molecule has 1 aromatic rings. The summed E-state index contributed by atoms with van der Waals surface area (Å²) in [6.45, 7) is 5.27. The molecule has 0 amide bonds. The van der Waals surface area contributed by atoms with Crippen LogP contribution in [0.4, 0.5) is 4.39 Å². The highest BCUT2D eigenvalue weighted by Gasteiger charge is 2.19. The van der Waals surface area contributed by atoms with Gasteiger partial charge in [-0.1, -0.05) is 19.9 Å². The van der Waals surface area contributed by atoms with Crippen LogP contribution in [0.3, 0.4) is 0 Å². The minimum atomic E-state index is -3.83. The highest BCUT2D eigenvalue weighted by atomic mass is 32.2. The van der Waals surface area contributed by atoms with Crippen molar-refractivity contribution < 1.29 is 12.8 Å². The Hall–Kier alpha value is -1.02. The molecular formula is C14H24FN3O2S. The Balaban J connectivity index is 2.86. The first-order valence-electron chi connectivity index (χ1n) is 6.88. The van der Waals surface area contributed by atoms with Crippen molar-refractivity contribution in [2.45, 2.75) is 31.3 Å². The highest BCUT2D eigenvalue weighted by molar-refractivity contribution is 7.89. The zero-order valence-corrected chi connectivity index (χ0v) is 13.8. The fourth-order valence-electron chi connectivity index (χ4n) is 1.67. The highest BCUT2D eigenvalue weighted by Crippen LogP contribution is 2.16. The van der Waals surface area contributed by atoms with Crippen LogP contribution in [0.5, 0.6) is 0 Å². The number of hydrogen-bond donors (Lipinski definition) is 2. The van der Waals surface area contributed by atoms with Gasteiger partial charge in [0.15, 0.2) is 0 Å². The molecule has 0 aliphatic carbocycles. The zero-order valence-electron chi connectivity index (χ0n) is 13.0. The van der Waals surface area contributed by atoms with Gasteiger partial charge in [-0.25, -0.2) is 17.5 Å². The van der Waals surface area contributed by atoms with E-state index in [1.165, 1.54) is 12.1 Å². The zero-order chi connectivity index (χ0) is 16.0. The van der Waals surface area contributed by atoms with Crippen LogP contribution in [0.15, 0.2) is 23.1 Å². The average molecular weight is 317 g/mol. The third-order valence-corrected chi connectivity index (χ3v) is 4.33. The lowest BCUT2D eigenvalue weighted by Crippen LogP contribution is -2.32. The summed E-state index contributed by atoms with van der Waals surface area (Å²) in [5, 5.41) is 3.17. The molecule has 0 aromatic heterocycles. The SMILES string of the molecule is CC(C)NCc1ccc(F)c(S(=O)(=O)NCCN(C)C)c1. The van der Waals surface area contributed by atoms with Crippen LogP contribution in [0.1, 0.15) is 19.4 Å². The molecule has 1 aromatic carbocycles. The van der Waals surface area contributed by atoms with Gasteiger partial charge in [-0.2, -0.15) is 0 Å². The van der Waals surface area contributed by atoms with Crippen molar-refractivity contribution in [2.24, 2.45) is 0 Å². The van der Waals surface area contributed by atoms with Crippen LogP contribution in [-0.2, 0) is 16.6 Å². The Morgan fingerprint density at radius 2 is 1.95 bits per heavy atom. The van der Waals surface area contributed by atoms with Crippen LogP contribution in [-0.4, -0.2) is 46.5 Å². The smallest absolute Gasteiger partial charge is 0.243 e. The summed E-state index contributed by atoms with van der Waals surface area (Å²) in [6.07, 6.45) is 0. The Morgan fingerprint density at radius 3 is 2.52 bits per heavy atom. The maximum Gasteiger partial charge on any atom is 0.243 e. The molecule has 0 atom stereocenters. The van der Waals surface area contributed by atoms with Gasteiger partial charge < -0.3 is 10.2 Å². The molecule has 0 aliphatic heterocycles. The van der Waals surface area contributed by atoms with E-state index in [9.17, 15) is 12.8 Å². The maximum atomic E-state index is 13.8. The fourth-order valence-corrected chi connectivity index (χ4v) is 2.81. The van der Waals surface area contributed by atoms with Gasteiger partial charge in [0.05, 0.1) is 0 Å². The number of nitrogens with zero attached hydrogens (tertiary/aromatic N) is 1. The largest absolute Gasteiger partial charge is 0.310 e. The molecular weight excluding hydrogens is 293 g/mol. The summed E-state index contributed by atoms with van der Waals surface area (Å²) >= 11 is 0. The summed E-state index contributed by atoms with van der Waals surface area (Å²) in [4.78, 5) is 1.55. The van der Waals surface area contributed by atoms with Crippen molar-refractivity contribution >= 4 is 10.0 Å². The molecule has 0 saturated heterocycles. The van der Waals surface area contributed by atoms with E-state index in [-0.39, 0.29) is 17.5 Å². The molecule has 120 valence electrons. The Morgan fingerprint density at radius 1 is 1.29 bits per heavy atom. The lowest BCUT2D eigenvalue weighted by Gasteiger charge is -2.13. The molecule has 7 heteroatoms. The van der Waals surface area contributed by atoms with E-state index < -0.39 is 15.8 Å². The molecule has 0 unspecified atom stereocenters.